The molecule has 2 aromatic carbocycles. The van der Waals surface area contributed by atoms with Gasteiger partial charge in [0.1, 0.15) is 6.04 Å². The van der Waals surface area contributed by atoms with Gasteiger partial charge in [-0.2, -0.15) is 13.2 Å². The van der Waals surface area contributed by atoms with Crippen LogP contribution >= 0.6 is 0 Å². The summed E-state index contributed by atoms with van der Waals surface area (Å²) < 4.78 is 38.4. The van der Waals surface area contributed by atoms with E-state index in [1.807, 2.05) is 13.8 Å². The number of carbonyl (C=O) groups is 3. The molecule has 1 fully saturated rings. The van der Waals surface area contributed by atoms with Crippen molar-refractivity contribution in [3.63, 3.8) is 0 Å². The van der Waals surface area contributed by atoms with Gasteiger partial charge in [-0.3, -0.25) is 14.4 Å². The molecule has 35 heavy (non-hydrogen) atoms. The van der Waals surface area contributed by atoms with Crippen molar-refractivity contribution in [1.82, 2.24) is 15.5 Å². The lowest BCUT2D eigenvalue weighted by Crippen LogP contribution is -2.54. The van der Waals surface area contributed by atoms with Gasteiger partial charge in [-0.05, 0) is 61.1 Å². The quantitative estimate of drug-likeness (QED) is 0.614. The van der Waals surface area contributed by atoms with E-state index in [0.29, 0.717) is 38.0 Å². The first kappa shape index (κ1) is 26.2. The summed E-state index contributed by atoms with van der Waals surface area (Å²) in [6.45, 7) is 5.09. The number of hydrogen-bond acceptors (Lipinski definition) is 3. The average Bonchev–Trinajstić information content (AvgIpc) is 2.85. The van der Waals surface area contributed by atoms with Gasteiger partial charge in [-0.15, -0.1) is 0 Å². The van der Waals surface area contributed by atoms with Gasteiger partial charge in [0.2, 0.25) is 5.91 Å². The molecule has 0 aromatic heterocycles. The maximum Gasteiger partial charge on any atom is 0.416 e. The van der Waals surface area contributed by atoms with Crippen molar-refractivity contribution in [2.75, 3.05) is 19.6 Å². The van der Waals surface area contributed by atoms with Crippen LogP contribution in [0.3, 0.4) is 0 Å². The highest BCUT2D eigenvalue weighted by Crippen LogP contribution is 2.29. The van der Waals surface area contributed by atoms with Crippen molar-refractivity contribution in [3.8, 4) is 0 Å². The molecule has 0 radical (unpaired) electrons. The zero-order valence-electron chi connectivity index (χ0n) is 19.8. The summed E-state index contributed by atoms with van der Waals surface area (Å²) in [6.07, 6.45) is -3.52. The van der Waals surface area contributed by atoms with E-state index in [1.54, 1.807) is 35.2 Å². The molecule has 2 N–H and O–H groups in total. The Kier molecular flexibility index (Phi) is 8.53. The Hall–Kier alpha value is -3.36. The van der Waals surface area contributed by atoms with Crippen LogP contribution in [-0.4, -0.2) is 48.3 Å². The lowest BCUT2D eigenvalue weighted by molar-refractivity contribution is -0.137. The van der Waals surface area contributed by atoms with Gasteiger partial charge in [0, 0.05) is 30.8 Å². The molecule has 1 atom stereocenters. The van der Waals surface area contributed by atoms with Crippen molar-refractivity contribution in [3.05, 3.63) is 71.3 Å². The number of amides is 3. The molecule has 0 aliphatic carbocycles. The maximum atomic E-state index is 13.0. The molecule has 1 aliphatic rings. The number of likely N-dealkylation sites (tertiary alicyclic amines) is 1. The minimum Gasteiger partial charge on any atom is -0.354 e. The number of nitrogens with one attached hydrogen (secondary N) is 2. The molecule has 188 valence electrons. The minimum absolute atomic E-state index is 0.181. The third-order valence-electron chi connectivity index (χ3n) is 6.05. The van der Waals surface area contributed by atoms with Gasteiger partial charge >= 0.3 is 6.18 Å². The first-order chi connectivity index (χ1) is 16.6. The predicted octanol–water partition coefficient (Wildman–Crippen LogP) is 4.13. The highest BCUT2D eigenvalue weighted by atomic mass is 19.4. The summed E-state index contributed by atoms with van der Waals surface area (Å²) in [6, 6.07) is 12.0. The molecule has 9 heteroatoms. The van der Waals surface area contributed by atoms with Crippen molar-refractivity contribution in [2.45, 2.75) is 38.9 Å². The first-order valence-corrected chi connectivity index (χ1v) is 11.7. The first-order valence-electron chi connectivity index (χ1n) is 11.7. The summed E-state index contributed by atoms with van der Waals surface area (Å²) in [5.74, 6) is -0.917. The summed E-state index contributed by atoms with van der Waals surface area (Å²) in [4.78, 5) is 40.1. The molecule has 3 amide bonds. The van der Waals surface area contributed by atoms with Crippen molar-refractivity contribution >= 4 is 17.7 Å². The number of rotatable bonds is 7. The highest BCUT2D eigenvalue weighted by Gasteiger charge is 2.35. The van der Waals surface area contributed by atoms with Crippen LogP contribution in [0.4, 0.5) is 13.2 Å². The molecule has 1 heterocycles. The van der Waals surface area contributed by atoms with Crippen LogP contribution in [0, 0.1) is 11.8 Å². The third kappa shape index (κ3) is 7.07. The van der Waals surface area contributed by atoms with Crippen LogP contribution in [0.25, 0.3) is 0 Å². The Labute approximate surface area is 202 Å². The summed E-state index contributed by atoms with van der Waals surface area (Å²) >= 11 is 0. The number of halogens is 3. The van der Waals surface area contributed by atoms with Gasteiger partial charge in [-0.25, -0.2) is 0 Å². The van der Waals surface area contributed by atoms with E-state index in [2.05, 4.69) is 10.6 Å². The second-order valence-electron chi connectivity index (χ2n) is 9.16. The van der Waals surface area contributed by atoms with Crippen molar-refractivity contribution in [2.24, 2.45) is 11.8 Å². The largest absolute Gasteiger partial charge is 0.416 e. The minimum atomic E-state index is -4.46. The van der Waals surface area contributed by atoms with E-state index < -0.39 is 17.8 Å². The predicted molar refractivity (Wildman–Crippen MR) is 126 cm³/mol. The van der Waals surface area contributed by atoms with Crippen LogP contribution < -0.4 is 10.6 Å². The molecule has 0 spiro atoms. The maximum absolute atomic E-state index is 13.0. The van der Waals surface area contributed by atoms with E-state index in [0.717, 1.165) is 12.1 Å². The lowest BCUT2D eigenvalue weighted by Gasteiger charge is -2.36. The van der Waals surface area contributed by atoms with Gasteiger partial charge in [0.15, 0.2) is 0 Å². The van der Waals surface area contributed by atoms with Crippen LogP contribution in [0.1, 0.15) is 53.0 Å². The summed E-state index contributed by atoms with van der Waals surface area (Å²) in [7, 11) is 0. The second kappa shape index (κ2) is 11.4. The van der Waals surface area contributed by atoms with Crippen LogP contribution in [0.15, 0.2) is 54.6 Å². The van der Waals surface area contributed by atoms with Crippen molar-refractivity contribution < 1.29 is 27.6 Å². The summed E-state index contributed by atoms with van der Waals surface area (Å²) in [5.41, 5.74) is -0.179. The van der Waals surface area contributed by atoms with Crippen molar-refractivity contribution in [1.29, 1.82) is 0 Å². The lowest BCUT2D eigenvalue weighted by atomic mass is 9.88. The Morgan fingerprint density at radius 3 is 2.09 bits per heavy atom. The van der Waals surface area contributed by atoms with E-state index in [-0.39, 0.29) is 35.1 Å². The van der Waals surface area contributed by atoms with Gasteiger partial charge < -0.3 is 15.5 Å². The molecule has 6 nitrogen and oxygen atoms in total. The molecule has 1 aliphatic heterocycles. The number of benzene rings is 2. The topological polar surface area (TPSA) is 78.5 Å². The Balaban J connectivity index is 1.66. The zero-order valence-corrected chi connectivity index (χ0v) is 19.8. The summed E-state index contributed by atoms with van der Waals surface area (Å²) in [5, 5.41) is 5.75. The van der Waals surface area contributed by atoms with Gasteiger partial charge in [0.05, 0.1) is 5.56 Å². The average molecular weight is 490 g/mol. The van der Waals surface area contributed by atoms with Gasteiger partial charge in [0.25, 0.3) is 11.8 Å². The Morgan fingerprint density at radius 1 is 0.943 bits per heavy atom. The third-order valence-corrected chi connectivity index (χ3v) is 6.05. The molecule has 3 rings (SSSR count). The molecule has 0 saturated carbocycles. The molecular formula is C26H30F3N3O3. The molecule has 0 bridgehead atoms. The molecule has 1 unspecified atom stereocenters. The zero-order chi connectivity index (χ0) is 25.6. The standard InChI is InChI=1S/C26H30F3N3O3/c1-17(2)16-30-24(34)22(31-23(33)19-6-4-3-5-7-19)18-12-14-32(15-13-18)25(35)20-8-10-21(11-9-20)26(27,28)29/h3-11,17-18,22H,12-16H2,1-2H3,(H,30,34)(H,31,33). The fraction of sp³-hybridized carbons (Fsp3) is 0.423. The SMILES string of the molecule is CC(C)CNC(=O)C(NC(=O)c1ccccc1)C1CCN(C(=O)c2ccc(C(F)(F)F)cc2)CC1. The van der Waals surface area contributed by atoms with Crippen LogP contribution in [0.5, 0.6) is 0 Å². The smallest absolute Gasteiger partial charge is 0.354 e. The number of carbonyl (C=O) groups excluding carboxylic acids is 3. The Morgan fingerprint density at radius 2 is 1.54 bits per heavy atom. The Bertz CT molecular complexity index is 1020. The number of piperidine rings is 1. The fourth-order valence-corrected chi connectivity index (χ4v) is 4.05. The van der Waals surface area contributed by atoms with E-state index in [4.69, 9.17) is 0 Å². The highest BCUT2D eigenvalue weighted by molar-refractivity contribution is 5.97. The van der Waals surface area contributed by atoms with Gasteiger partial charge in [-0.1, -0.05) is 32.0 Å². The monoisotopic (exact) mass is 489 g/mol. The fourth-order valence-electron chi connectivity index (χ4n) is 4.05. The van der Waals surface area contributed by atoms with E-state index in [1.165, 1.54) is 12.1 Å². The normalized spacial score (nSPS) is 15.5. The van der Waals surface area contributed by atoms with E-state index >= 15 is 0 Å². The molecule has 1 saturated heterocycles. The molecule has 2 aromatic rings. The van der Waals surface area contributed by atoms with E-state index in [9.17, 15) is 27.6 Å². The molecular weight excluding hydrogens is 459 g/mol. The second-order valence-corrected chi connectivity index (χ2v) is 9.16. The van der Waals surface area contributed by atoms with Crippen LogP contribution in [0.2, 0.25) is 0 Å². The number of alkyl halides is 3. The number of hydrogen-bond donors (Lipinski definition) is 2. The number of nitrogens with zero attached hydrogens (tertiary/aromatic N) is 1. The van der Waals surface area contributed by atoms with Crippen LogP contribution in [-0.2, 0) is 11.0 Å².